The van der Waals surface area contributed by atoms with Crippen molar-refractivity contribution < 1.29 is 14.4 Å². The highest BCUT2D eigenvalue weighted by molar-refractivity contribution is 6.04. The molecule has 1 N–H and O–H groups in total. The number of hydrogen-bond acceptors (Lipinski definition) is 4. The molecule has 0 aliphatic carbocycles. The number of methoxy groups -OCH3 is 1. The summed E-state index contributed by atoms with van der Waals surface area (Å²) in [7, 11) is 1.62. The van der Waals surface area contributed by atoms with Crippen LogP contribution in [0.2, 0.25) is 0 Å². The van der Waals surface area contributed by atoms with Gasteiger partial charge in [-0.3, -0.25) is 4.79 Å². The highest BCUT2D eigenvalue weighted by Gasteiger charge is 2.29. The normalized spacial score (nSPS) is 17.6. The molecule has 1 amide bonds. The molecule has 3 rings (SSSR count). The fourth-order valence-corrected chi connectivity index (χ4v) is 2.62. The van der Waals surface area contributed by atoms with Gasteiger partial charge in [-0.05, 0) is 24.6 Å². The van der Waals surface area contributed by atoms with Crippen LogP contribution >= 0.6 is 0 Å². The molecule has 0 bridgehead atoms. The van der Waals surface area contributed by atoms with Crippen LogP contribution < -0.4 is 10.1 Å². The van der Waals surface area contributed by atoms with Gasteiger partial charge in [-0.25, -0.2) is 0 Å². The van der Waals surface area contributed by atoms with Gasteiger partial charge in [0.2, 0.25) is 6.10 Å². The molecule has 5 heteroatoms. The van der Waals surface area contributed by atoms with Gasteiger partial charge in [0.25, 0.3) is 5.91 Å². The largest absolute Gasteiger partial charge is 0.497 e. The van der Waals surface area contributed by atoms with Crippen LogP contribution in [0, 0.1) is 0 Å². The Balaban J connectivity index is 1.61. The molecular formula is C19H20N2O3. The molecule has 2 aromatic rings. The summed E-state index contributed by atoms with van der Waals surface area (Å²) in [5.74, 6) is 0.591. The molecule has 5 nitrogen and oxygen atoms in total. The van der Waals surface area contributed by atoms with E-state index in [1.165, 1.54) is 0 Å². The second-order valence-electron chi connectivity index (χ2n) is 5.71. The summed E-state index contributed by atoms with van der Waals surface area (Å²) in [4.78, 5) is 17.7. The molecule has 2 atom stereocenters. The van der Waals surface area contributed by atoms with Crippen molar-refractivity contribution in [2.75, 3.05) is 7.11 Å². The second-order valence-corrected chi connectivity index (χ2v) is 5.71. The lowest BCUT2D eigenvalue weighted by molar-refractivity contribution is -0.131. The molecule has 0 aromatic heterocycles. The van der Waals surface area contributed by atoms with Crippen molar-refractivity contribution in [3.63, 3.8) is 0 Å². The number of nitrogens with one attached hydrogen (secondary N) is 1. The average molecular weight is 324 g/mol. The van der Waals surface area contributed by atoms with E-state index >= 15 is 0 Å². The Morgan fingerprint density at radius 2 is 2.04 bits per heavy atom. The van der Waals surface area contributed by atoms with Gasteiger partial charge in [0.1, 0.15) is 5.75 Å². The van der Waals surface area contributed by atoms with Crippen LogP contribution in [-0.4, -0.2) is 24.8 Å². The summed E-state index contributed by atoms with van der Waals surface area (Å²) in [5, 5.41) is 7.03. The fraction of sp³-hybridized carbons (Fsp3) is 0.263. The minimum absolute atomic E-state index is 0.0804. The predicted molar refractivity (Wildman–Crippen MR) is 92.0 cm³/mol. The van der Waals surface area contributed by atoms with Crippen LogP contribution in [0.3, 0.4) is 0 Å². The third kappa shape index (κ3) is 3.56. The monoisotopic (exact) mass is 324 g/mol. The Kier molecular flexibility index (Phi) is 4.79. The third-order valence-corrected chi connectivity index (χ3v) is 4.02. The molecule has 1 aliphatic rings. The van der Waals surface area contributed by atoms with Gasteiger partial charge in [0, 0.05) is 12.0 Å². The first-order valence-corrected chi connectivity index (χ1v) is 7.90. The summed E-state index contributed by atoms with van der Waals surface area (Å²) in [6.07, 6.45) is -0.155. The average Bonchev–Trinajstić information content (AvgIpc) is 3.13. The minimum atomic E-state index is -0.600. The molecule has 124 valence electrons. The van der Waals surface area contributed by atoms with E-state index in [1.807, 2.05) is 61.5 Å². The Bertz CT molecular complexity index is 743. The Hall–Kier alpha value is -2.82. The van der Waals surface area contributed by atoms with Gasteiger partial charge >= 0.3 is 0 Å². The van der Waals surface area contributed by atoms with Crippen molar-refractivity contribution in [1.82, 2.24) is 5.32 Å². The van der Waals surface area contributed by atoms with E-state index in [2.05, 4.69) is 10.5 Å². The molecule has 1 aliphatic heterocycles. The number of nitrogens with zero attached hydrogens (tertiary/aromatic N) is 1. The molecule has 24 heavy (non-hydrogen) atoms. The van der Waals surface area contributed by atoms with Crippen LogP contribution in [0.15, 0.2) is 59.8 Å². The first-order valence-electron chi connectivity index (χ1n) is 7.90. The highest BCUT2D eigenvalue weighted by atomic mass is 16.6. The maximum Gasteiger partial charge on any atom is 0.264 e. The van der Waals surface area contributed by atoms with Crippen molar-refractivity contribution in [3.05, 3.63) is 65.7 Å². The van der Waals surface area contributed by atoms with Crippen LogP contribution in [0.1, 0.15) is 30.5 Å². The van der Waals surface area contributed by atoms with Crippen LogP contribution in [-0.2, 0) is 9.63 Å². The molecule has 0 unspecified atom stereocenters. The Morgan fingerprint density at radius 1 is 1.25 bits per heavy atom. The van der Waals surface area contributed by atoms with Crippen molar-refractivity contribution in [3.8, 4) is 5.75 Å². The number of rotatable bonds is 5. The number of benzene rings is 2. The van der Waals surface area contributed by atoms with Crippen molar-refractivity contribution >= 4 is 11.6 Å². The van der Waals surface area contributed by atoms with Crippen molar-refractivity contribution in [2.45, 2.75) is 25.5 Å². The number of oxime groups is 1. The zero-order chi connectivity index (χ0) is 16.9. The maximum absolute atomic E-state index is 12.4. The lowest BCUT2D eigenvalue weighted by Crippen LogP contribution is -2.36. The zero-order valence-corrected chi connectivity index (χ0v) is 13.7. The number of carbonyl (C=O) groups excluding carboxylic acids is 1. The van der Waals surface area contributed by atoms with Gasteiger partial charge in [-0.1, -0.05) is 47.6 Å². The number of amides is 1. The van der Waals surface area contributed by atoms with Gasteiger partial charge in [0.15, 0.2) is 0 Å². The van der Waals surface area contributed by atoms with E-state index in [-0.39, 0.29) is 11.9 Å². The summed E-state index contributed by atoms with van der Waals surface area (Å²) in [6, 6.07) is 17.3. The van der Waals surface area contributed by atoms with Gasteiger partial charge in [-0.15, -0.1) is 0 Å². The van der Waals surface area contributed by atoms with E-state index in [1.54, 1.807) is 7.11 Å². The first-order chi connectivity index (χ1) is 11.7. The Morgan fingerprint density at radius 3 is 2.79 bits per heavy atom. The topological polar surface area (TPSA) is 59.9 Å². The number of carbonyl (C=O) groups is 1. The van der Waals surface area contributed by atoms with Crippen molar-refractivity contribution in [1.29, 1.82) is 0 Å². The molecule has 1 heterocycles. The summed E-state index contributed by atoms with van der Waals surface area (Å²) in [6.45, 7) is 1.95. The minimum Gasteiger partial charge on any atom is -0.497 e. The van der Waals surface area contributed by atoms with Gasteiger partial charge in [-0.2, -0.15) is 0 Å². The SMILES string of the molecule is COc1cccc(C2=NO[C@@H](C(=O)N[C@H](C)c3ccccc3)C2)c1. The van der Waals surface area contributed by atoms with Crippen LogP contribution in [0.4, 0.5) is 0 Å². The van der Waals surface area contributed by atoms with E-state index in [0.29, 0.717) is 6.42 Å². The molecule has 0 saturated heterocycles. The predicted octanol–water partition coefficient (Wildman–Crippen LogP) is 3.07. The first kappa shape index (κ1) is 16.1. The smallest absolute Gasteiger partial charge is 0.264 e. The van der Waals surface area contributed by atoms with E-state index < -0.39 is 6.10 Å². The Labute approximate surface area is 141 Å². The van der Waals surface area contributed by atoms with Crippen LogP contribution in [0.5, 0.6) is 5.75 Å². The maximum atomic E-state index is 12.4. The molecule has 0 radical (unpaired) electrons. The lowest BCUT2D eigenvalue weighted by atomic mass is 10.0. The van der Waals surface area contributed by atoms with Crippen molar-refractivity contribution in [2.24, 2.45) is 5.16 Å². The summed E-state index contributed by atoms with van der Waals surface area (Å²) in [5.41, 5.74) is 2.71. The summed E-state index contributed by atoms with van der Waals surface area (Å²) < 4.78 is 5.22. The van der Waals surface area contributed by atoms with Gasteiger partial charge < -0.3 is 14.9 Å². The third-order valence-electron chi connectivity index (χ3n) is 4.02. The number of ether oxygens (including phenoxy) is 1. The van der Waals surface area contributed by atoms with E-state index in [0.717, 1.165) is 22.6 Å². The fourth-order valence-electron chi connectivity index (χ4n) is 2.62. The van der Waals surface area contributed by atoms with Gasteiger partial charge in [0.05, 0.1) is 18.9 Å². The molecule has 0 saturated carbocycles. The highest BCUT2D eigenvalue weighted by Crippen LogP contribution is 2.21. The molecule has 0 fully saturated rings. The standard InChI is InChI=1S/C19H20N2O3/c1-13(14-7-4-3-5-8-14)20-19(22)18-12-17(21-24-18)15-9-6-10-16(11-15)23-2/h3-11,13,18H,12H2,1-2H3,(H,20,22)/t13-,18-/m1/s1. The molecule has 0 spiro atoms. The summed E-state index contributed by atoms with van der Waals surface area (Å²) >= 11 is 0. The second kappa shape index (κ2) is 7.17. The molecular weight excluding hydrogens is 304 g/mol. The van der Waals surface area contributed by atoms with E-state index in [4.69, 9.17) is 9.57 Å². The molecule has 2 aromatic carbocycles. The van der Waals surface area contributed by atoms with E-state index in [9.17, 15) is 4.79 Å². The zero-order valence-electron chi connectivity index (χ0n) is 13.7. The lowest BCUT2D eigenvalue weighted by Gasteiger charge is -2.16. The quantitative estimate of drug-likeness (QED) is 0.919. The van der Waals surface area contributed by atoms with Crippen LogP contribution in [0.25, 0.3) is 0 Å². The number of hydrogen-bond donors (Lipinski definition) is 1.